The summed E-state index contributed by atoms with van der Waals surface area (Å²) in [4.78, 5) is 24.7. The van der Waals surface area contributed by atoms with Crippen LogP contribution in [0.15, 0.2) is 88.1 Å². The van der Waals surface area contributed by atoms with E-state index in [-0.39, 0.29) is 12.5 Å². The number of para-hydroxylation sites is 2. The lowest BCUT2D eigenvalue weighted by Crippen LogP contribution is -2.14. The predicted octanol–water partition coefficient (Wildman–Crippen LogP) is 4.63. The molecule has 0 fully saturated rings. The summed E-state index contributed by atoms with van der Waals surface area (Å²) in [6.45, 7) is 0.101. The maximum atomic E-state index is 12.7. The predicted molar refractivity (Wildman–Crippen MR) is 114 cm³/mol. The van der Waals surface area contributed by atoms with Crippen LogP contribution in [0, 0.1) is 0 Å². The zero-order chi connectivity index (χ0) is 20.9. The van der Waals surface area contributed by atoms with Gasteiger partial charge in [0.2, 0.25) is 0 Å². The van der Waals surface area contributed by atoms with Crippen LogP contribution in [0.5, 0.6) is 11.5 Å². The molecule has 0 aliphatic rings. The lowest BCUT2D eigenvalue weighted by molar-refractivity contribution is 0.102. The third kappa shape index (κ3) is 4.17. The Morgan fingerprint density at radius 3 is 2.53 bits per heavy atom. The van der Waals surface area contributed by atoms with Gasteiger partial charge in [-0.05, 0) is 36.4 Å². The molecule has 30 heavy (non-hydrogen) atoms. The summed E-state index contributed by atoms with van der Waals surface area (Å²) in [5.41, 5.74) is 1.68. The Morgan fingerprint density at radius 2 is 1.73 bits per heavy atom. The fourth-order valence-electron chi connectivity index (χ4n) is 3.11. The summed E-state index contributed by atoms with van der Waals surface area (Å²) in [6, 6.07) is 22.8. The molecule has 0 saturated carbocycles. The highest BCUT2D eigenvalue weighted by molar-refractivity contribution is 6.06. The van der Waals surface area contributed by atoms with E-state index in [1.165, 1.54) is 6.07 Å². The largest absolute Gasteiger partial charge is 0.497 e. The Labute approximate surface area is 172 Å². The molecule has 0 atom stereocenters. The number of hydrogen-bond donors (Lipinski definition) is 1. The molecule has 1 aromatic heterocycles. The van der Waals surface area contributed by atoms with Gasteiger partial charge in [-0.3, -0.25) is 4.79 Å². The van der Waals surface area contributed by atoms with Crippen LogP contribution in [-0.4, -0.2) is 13.0 Å². The van der Waals surface area contributed by atoms with Crippen LogP contribution in [0.4, 0.5) is 5.69 Å². The number of benzene rings is 3. The fourth-order valence-corrected chi connectivity index (χ4v) is 3.11. The lowest BCUT2D eigenvalue weighted by Gasteiger charge is -2.13. The van der Waals surface area contributed by atoms with E-state index in [0.717, 1.165) is 5.39 Å². The van der Waals surface area contributed by atoms with Gasteiger partial charge in [-0.25, -0.2) is 4.79 Å². The van der Waals surface area contributed by atoms with Gasteiger partial charge in [-0.1, -0.05) is 30.3 Å². The summed E-state index contributed by atoms with van der Waals surface area (Å²) in [7, 11) is 1.55. The third-order valence-corrected chi connectivity index (χ3v) is 4.58. The van der Waals surface area contributed by atoms with Crippen molar-refractivity contribution in [3.05, 3.63) is 100 Å². The number of nitrogens with one attached hydrogen (secondary N) is 1. The lowest BCUT2D eigenvalue weighted by atomic mass is 10.1. The minimum Gasteiger partial charge on any atom is -0.497 e. The second-order valence-corrected chi connectivity index (χ2v) is 6.56. The van der Waals surface area contributed by atoms with Crippen molar-refractivity contribution in [2.75, 3.05) is 12.4 Å². The van der Waals surface area contributed by atoms with Crippen LogP contribution in [-0.2, 0) is 6.61 Å². The van der Waals surface area contributed by atoms with Gasteiger partial charge in [0.25, 0.3) is 5.91 Å². The number of anilines is 1. The number of hydrogen-bond acceptors (Lipinski definition) is 5. The first-order chi connectivity index (χ1) is 14.6. The molecular formula is C24H19NO5. The van der Waals surface area contributed by atoms with Gasteiger partial charge >= 0.3 is 5.63 Å². The minimum absolute atomic E-state index is 0.101. The summed E-state index contributed by atoms with van der Waals surface area (Å²) in [5.74, 6) is 0.728. The molecule has 3 aromatic carbocycles. The normalized spacial score (nSPS) is 10.6. The minimum atomic E-state index is -0.482. The van der Waals surface area contributed by atoms with Crippen LogP contribution >= 0.6 is 0 Å². The van der Waals surface area contributed by atoms with Gasteiger partial charge in [0.1, 0.15) is 23.7 Å². The van der Waals surface area contributed by atoms with Crippen LogP contribution < -0.4 is 20.4 Å². The zero-order valence-corrected chi connectivity index (χ0v) is 16.3. The van der Waals surface area contributed by atoms with Crippen LogP contribution in [0.2, 0.25) is 0 Å². The highest BCUT2D eigenvalue weighted by atomic mass is 16.5. The molecule has 1 amide bonds. The van der Waals surface area contributed by atoms with E-state index in [2.05, 4.69) is 5.32 Å². The summed E-state index contributed by atoms with van der Waals surface area (Å²) < 4.78 is 16.4. The van der Waals surface area contributed by atoms with Gasteiger partial charge in [0.15, 0.2) is 0 Å². The Kier molecular flexibility index (Phi) is 5.48. The van der Waals surface area contributed by atoms with Crippen molar-refractivity contribution < 1.29 is 18.7 Å². The number of ether oxygens (including phenoxy) is 2. The molecule has 4 aromatic rings. The van der Waals surface area contributed by atoms with Crippen molar-refractivity contribution in [1.29, 1.82) is 0 Å². The van der Waals surface area contributed by atoms with Crippen LogP contribution in [0.1, 0.15) is 15.9 Å². The molecule has 1 N–H and O–H groups in total. The van der Waals surface area contributed by atoms with E-state index in [1.807, 2.05) is 36.4 Å². The van der Waals surface area contributed by atoms with Crippen molar-refractivity contribution in [2.24, 2.45) is 0 Å². The van der Waals surface area contributed by atoms with Gasteiger partial charge in [-0.15, -0.1) is 0 Å². The van der Waals surface area contributed by atoms with E-state index in [9.17, 15) is 9.59 Å². The topological polar surface area (TPSA) is 77.8 Å². The average Bonchev–Trinajstić information content (AvgIpc) is 2.77. The van der Waals surface area contributed by atoms with Crippen molar-refractivity contribution >= 4 is 22.6 Å². The first-order valence-corrected chi connectivity index (χ1v) is 9.33. The smallest absolute Gasteiger partial charge is 0.336 e. The van der Waals surface area contributed by atoms with Crippen LogP contribution in [0.3, 0.4) is 0 Å². The average molecular weight is 401 g/mol. The Balaban J connectivity index is 1.59. The van der Waals surface area contributed by atoms with Crippen molar-refractivity contribution in [3.8, 4) is 11.5 Å². The van der Waals surface area contributed by atoms with Crippen molar-refractivity contribution in [3.63, 3.8) is 0 Å². The molecule has 0 saturated heterocycles. The second kappa shape index (κ2) is 8.53. The first-order valence-electron chi connectivity index (χ1n) is 9.33. The molecule has 0 aliphatic carbocycles. The molecule has 0 aliphatic heterocycles. The number of fused-ring (bicyclic) bond motifs is 1. The monoisotopic (exact) mass is 401 g/mol. The number of amides is 1. The van der Waals surface area contributed by atoms with Crippen molar-refractivity contribution in [2.45, 2.75) is 6.61 Å². The van der Waals surface area contributed by atoms with Gasteiger partial charge in [0, 0.05) is 28.8 Å². The summed E-state index contributed by atoms with van der Waals surface area (Å²) >= 11 is 0. The van der Waals surface area contributed by atoms with Gasteiger partial charge in [0.05, 0.1) is 12.7 Å². The van der Waals surface area contributed by atoms with E-state index in [0.29, 0.717) is 33.9 Å². The maximum Gasteiger partial charge on any atom is 0.336 e. The highest BCUT2D eigenvalue weighted by Crippen LogP contribution is 2.25. The van der Waals surface area contributed by atoms with E-state index < -0.39 is 5.63 Å². The number of carbonyl (C=O) groups is 1. The van der Waals surface area contributed by atoms with Crippen LogP contribution in [0.25, 0.3) is 11.0 Å². The third-order valence-electron chi connectivity index (χ3n) is 4.58. The van der Waals surface area contributed by atoms with E-state index in [4.69, 9.17) is 13.9 Å². The SMILES string of the molecule is COc1ccc2c(COc3ccccc3C(=O)Nc3ccccc3)cc(=O)oc2c1. The van der Waals surface area contributed by atoms with Crippen molar-refractivity contribution in [1.82, 2.24) is 0 Å². The molecule has 4 rings (SSSR count). The summed E-state index contributed by atoms with van der Waals surface area (Å²) in [6.07, 6.45) is 0. The Morgan fingerprint density at radius 1 is 0.967 bits per heavy atom. The number of carbonyl (C=O) groups excluding carboxylic acids is 1. The Hall–Kier alpha value is -4.06. The van der Waals surface area contributed by atoms with E-state index in [1.54, 1.807) is 43.5 Å². The molecule has 0 spiro atoms. The first kappa shape index (κ1) is 19.3. The zero-order valence-electron chi connectivity index (χ0n) is 16.3. The number of rotatable bonds is 6. The fraction of sp³-hybridized carbons (Fsp3) is 0.0833. The second-order valence-electron chi connectivity index (χ2n) is 6.56. The summed E-state index contributed by atoms with van der Waals surface area (Å²) in [5, 5.41) is 3.59. The molecule has 150 valence electrons. The molecular weight excluding hydrogens is 382 g/mol. The quantitative estimate of drug-likeness (QED) is 0.477. The van der Waals surface area contributed by atoms with Gasteiger partial charge < -0.3 is 19.2 Å². The molecule has 0 bridgehead atoms. The molecule has 6 nitrogen and oxygen atoms in total. The standard InChI is InChI=1S/C24H19NO5/c1-28-18-11-12-19-16(13-23(26)30-22(19)14-18)15-29-21-10-6-5-9-20(21)24(27)25-17-7-3-2-4-8-17/h2-14H,15H2,1H3,(H,25,27). The highest BCUT2D eigenvalue weighted by Gasteiger charge is 2.14. The molecule has 6 heteroatoms. The molecule has 1 heterocycles. The molecule has 0 unspecified atom stereocenters. The number of methoxy groups -OCH3 is 1. The van der Waals surface area contributed by atoms with E-state index >= 15 is 0 Å². The maximum absolute atomic E-state index is 12.7. The Bertz CT molecular complexity index is 1250. The molecule has 0 radical (unpaired) electrons. The van der Waals surface area contributed by atoms with Gasteiger partial charge in [-0.2, -0.15) is 0 Å².